The fraction of sp³-hybridized carbons (Fsp3) is 0.394. The highest BCUT2D eigenvalue weighted by Gasteiger charge is 2.60. The van der Waals surface area contributed by atoms with Gasteiger partial charge in [0, 0.05) is 0 Å². The molecule has 0 N–H and O–H groups in total. The van der Waals surface area contributed by atoms with Gasteiger partial charge in [0.05, 0.1) is 26.4 Å². The van der Waals surface area contributed by atoms with Crippen molar-refractivity contribution in [2.75, 3.05) is 6.61 Å². The third-order valence-corrected chi connectivity index (χ3v) is 7.04. The maximum absolute atomic E-state index is 6.67. The van der Waals surface area contributed by atoms with Crippen LogP contribution in [0.25, 0.3) is 0 Å². The molecule has 39 heavy (non-hydrogen) atoms. The third kappa shape index (κ3) is 7.03. The molecule has 206 valence electrons. The first-order chi connectivity index (χ1) is 19.0. The van der Waals surface area contributed by atoms with Gasteiger partial charge in [-0.05, 0) is 30.5 Å². The summed E-state index contributed by atoms with van der Waals surface area (Å²) in [5.74, 6) is -0.808. The number of benzene rings is 3. The van der Waals surface area contributed by atoms with Gasteiger partial charge >= 0.3 is 0 Å². The molecule has 0 amide bonds. The molecule has 2 fully saturated rings. The summed E-state index contributed by atoms with van der Waals surface area (Å²) < 4.78 is 39.2. The number of hydrogen-bond donors (Lipinski definition) is 0. The van der Waals surface area contributed by atoms with Crippen LogP contribution < -0.4 is 0 Å². The van der Waals surface area contributed by atoms with E-state index in [2.05, 4.69) is 30.8 Å². The molecule has 0 spiro atoms. The molecule has 1 saturated heterocycles. The fourth-order valence-electron chi connectivity index (χ4n) is 5.31. The summed E-state index contributed by atoms with van der Waals surface area (Å²) in [6, 6.07) is 30.3. The first-order valence-corrected chi connectivity index (χ1v) is 13.6. The molecule has 5 rings (SSSR count). The molecule has 3 aromatic carbocycles. The minimum absolute atomic E-state index is 0.351. The van der Waals surface area contributed by atoms with E-state index in [9.17, 15) is 0 Å². The van der Waals surface area contributed by atoms with Crippen molar-refractivity contribution >= 4 is 0 Å². The lowest BCUT2D eigenvalue weighted by atomic mass is 9.84. The van der Waals surface area contributed by atoms with Crippen LogP contribution in [0.4, 0.5) is 0 Å². The molecular weight excluding hydrogens is 492 g/mol. The normalized spacial score (nSPS) is 27.6. The van der Waals surface area contributed by atoms with E-state index in [1.54, 1.807) is 6.08 Å². The lowest BCUT2D eigenvalue weighted by Gasteiger charge is -2.46. The van der Waals surface area contributed by atoms with E-state index in [0.29, 0.717) is 26.4 Å². The number of fused-ring (bicyclic) bond motifs is 1. The largest absolute Gasteiger partial charge is 0.369 e. The summed E-state index contributed by atoms with van der Waals surface area (Å²) in [4.78, 5) is 0. The molecule has 0 unspecified atom stereocenters. The zero-order chi connectivity index (χ0) is 27.1. The van der Waals surface area contributed by atoms with Crippen molar-refractivity contribution in [1.29, 1.82) is 0 Å². The quantitative estimate of drug-likeness (QED) is 0.274. The van der Waals surface area contributed by atoms with Crippen molar-refractivity contribution in [3.05, 3.63) is 120 Å². The van der Waals surface area contributed by atoms with Crippen LogP contribution in [-0.2, 0) is 48.2 Å². The molecule has 0 radical (unpaired) electrons. The van der Waals surface area contributed by atoms with Gasteiger partial charge in [-0.2, -0.15) is 0 Å². The highest BCUT2D eigenvalue weighted by molar-refractivity contribution is 5.17. The molecule has 1 heterocycles. The Morgan fingerprint density at radius 3 is 1.33 bits per heavy atom. The van der Waals surface area contributed by atoms with Gasteiger partial charge in [0.1, 0.15) is 36.6 Å². The van der Waals surface area contributed by atoms with Crippen molar-refractivity contribution in [1.82, 2.24) is 0 Å². The zero-order valence-electron chi connectivity index (χ0n) is 22.7. The maximum Gasteiger partial charge on any atom is 0.164 e. The zero-order valence-corrected chi connectivity index (χ0v) is 22.7. The predicted molar refractivity (Wildman–Crippen MR) is 149 cm³/mol. The summed E-state index contributed by atoms with van der Waals surface area (Å²) in [5, 5.41) is 0. The lowest BCUT2D eigenvalue weighted by Crippen LogP contribution is -2.65. The molecule has 1 aliphatic heterocycles. The SMILES string of the molecule is C=CCO[C@@H]1[C@@H](OCc2ccccc2)[C@H](OCc2ccccc2)[C@@H](OCc2ccccc2)[C@H]2OC(C)(C)O[C@@H]12. The minimum Gasteiger partial charge on any atom is -0.369 e. The van der Waals surface area contributed by atoms with Crippen LogP contribution in [0.3, 0.4) is 0 Å². The summed E-state index contributed by atoms with van der Waals surface area (Å²) in [6.45, 7) is 9.26. The topological polar surface area (TPSA) is 55.4 Å². The second-order valence-corrected chi connectivity index (χ2v) is 10.4. The van der Waals surface area contributed by atoms with Crippen LogP contribution in [0.5, 0.6) is 0 Å². The average molecular weight is 531 g/mol. The molecule has 6 atom stereocenters. The van der Waals surface area contributed by atoms with Gasteiger partial charge in [-0.3, -0.25) is 0 Å². The monoisotopic (exact) mass is 530 g/mol. The molecule has 6 nitrogen and oxygen atoms in total. The van der Waals surface area contributed by atoms with Gasteiger partial charge in [0.15, 0.2) is 5.79 Å². The highest BCUT2D eigenvalue weighted by atomic mass is 16.8. The number of ether oxygens (including phenoxy) is 6. The minimum atomic E-state index is -0.808. The standard InChI is InChI=1S/C33H38O6/c1-4-20-34-29-27(35-21-24-14-8-5-9-15-24)28(36-22-25-16-10-6-11-17-25)30(32-31(29)38-33(2,3)39-32)37-23-26-18-12-7-13-19-26/h4-19,27-32H,1,20-23H2,2-3H3/t27-,28-,29+,30+,31-,32+/m0/s1. The Kier molecular flexibility index (Phi) is 9.24. The average Bonchev–Trinajstić information content (AvgIpc) is 3.29. The van der Waals surface area contributed by atoms with Gasteiger partial charge in [-0.25, -0.2) is 0 Å². The molecule has 2 aliphatic rings. The fourth-order valence-corrected chi connectivity index (χ4v) is 5.31. The van der Waals surface area contributed by atoms with E-state index in [4.69, 9.17) is 28.4 Å². The van der Waals surface area contributed by atoms with Crippen molar-refractivity contribution in [3.8, 4) is 0 Å². The smallest absolute Gasteiger partial charge is 0.164 e. The summed E-state index contributed by atoms with van der Waals surface area (Å²) in [7, 11) is 0. The van der Waals surface area contributed by atoms with Crippen LogP contribution in [0.1, 0.15) is 30.5 Å². The summed E-state index contributed by atoms with van der Waals surface area (Å²) in [5.41, 5.74) is 3.20. The summed E-state index contributed by atoms with van der Waals surface area (Å²) >= 11 is 0. The first kappa shape index (κ1) is 27.7. The molecule has 0 aromatic heterocycles. The van der Waals surface area contributed by atoms with Crippen LogP contribution in [0, 0.1) is 0 Å². The Hall–Kier alpha value is -2.84. The Labute approximate surface area is 231 Å². The molecule has 0 bridgehead atoms. The Bertz CT molecular complexity index is 1150. The van der Waals surface area contributed by atoms with Crippen molar-refractivity contribution in [2.45, 2.75) is 76.1 Å². The number of rotatable bonds is 12. The second kappa shape index (κ2) is 13.0. The Balaban J connectivity index is 1.48. The molecule has 6 heteroatoms. The maximum atomic E-state index is 6.67. The van der Waals surface area contributed by atoms with E-state index < -0.39 is 42.4 Å². The van der Waals surface area contributed by atoms with Crippen LogP contribution in [0.2, 0.25) is 0 Å². The van der Waals surface area contributed by atoms with Gasteiger partial charge in [0.2, 0.25) is 0 Å². The van der Waals surface area contributed by atoms with E-state index in [0.717, 1.165) is 16.7 Å². The third-order valence-electron chi connectivity index (χ3n) is 7.04. The lowest BCUT2D eigenvalue weighted by molar-refractivity contribution is -0.249. The Morgan fingerprint density at radius 2 is 0.949 bits per heavy atom. The van der Waals surface area contributed by atoms with Gasteiger partial charge in [-0.15, -0.1) is 6.58 Å². The van der Waals surface area contributed by atoms with Gasteiger partial charge in [-0.1, -0.05) is 97.1 Å². The number of hydrogen-bond acceptors (Lipinski definition) is 6. The van der Waals surface area contributed by atoms with Crippen LogP contribution in [0.15, 0.2) is 104 Å². The molecule has 1 aliphatic carbocycles. The van der Waals surface area contributed by atoms with Gasteiger partial charge < -0.3 is 28.4 Å². The van der Waals surface area contributed by atoms with Crippen LogP contribution >= 0.6 is 0 Å². The van der Waals surface area contributed by atoms with E-state index in [-0.39, 0.29) is 0 Å². The molecule has 1 saturated carbocycles. The highest BCUT2D eigenvalue weighted by Crippen LogP contribution is 2.42. The van der Waals surface area contributed by atoms with Crippen LogP contribution in [-0.4, -0.2) is 49.0 Å². The van der Waals surface area contributed by atoms with E-state index in [1.807, 2.05) is 80.6 Å². The summed E-state index contributed by atoms with van der Waals surface area (Å²) in [6.07, 6.45) is -0.934. The van der Waals surface area contributed by atoms with E-state index >= 15 is 0 Å². The van der Waals surface area contributed by atoms with Crippen molar-refractivity contribution < 1.29 is 28.4 Å². The van der Waals surface area contributed by atoms with Crippen molar-refractivity contribution in [2.24, 2.45) is 0 Å². The molecular formula is C33H38O6. The van der Waals surface area contributed by atoms with Gasteiger partial charge in [0.25, 0.3) is 0 Å². The second-order valence-electron chi connectivity index (χ2n) is 10.4. The predicted octanol–water partition coefficient (Wildman–Crippen LogP) is 5.85. The van der Waals surface area contributed by atoms with Crippen molar-refractivity contribution in [3.63, 3.8) is 0 Å². The van der Waals surface area contributed by atoms with E-state index in [1.165, 1.54) is 0 Å². The Morgan fingerprint density at radius 1 is 0.590 bits per heavy atom. The first-order valence-electron chi connectivity index (χ1n) is 13.6. The molecule has 3 aromatic rings.